The fourth-order valence-electron chi connectivity index (χ4n) is 2.53. The fraction of sp³-hybridized carbons (Fsp3) is 0.667. The standard InChI is InChI=1S/C18H29BrO/c1-4-5-6-7-8-9-10-11-17(19)16-14-15(2)12-13-18(16)20-3/h12-14,17H,4-11H2,1-3H3. The predicted octanol–water partition coefficient (Wildman–Crippen LogP) is 6.58. The molecule has 1 aromatic rings. The minimum atomic E-state index is 0.410. The maximum Gasteiger partial charge on any atom is 0.123 e. The number of unbranched alkanes of at least 4 members (excludes halogenated alkanes) is 6. The molecule has 0 amide bonds. The van der Waals surface area contributed by atoms with E-state index in [4.69, 9.17) is 4.74 Å². The first-order valence-corrected chi connectivity index (χ1v) is 8.89. The molecule has 0 fully saturated rings. The van der Waals surface area contributed by atoms with Crippen molar-refractivity contribution in [2.45, 2.75) is 70.0 Å². The summed E-state index contributed by atoms with van der Waals surface area (Å²) >= 11 is 3.83. The first-order chi connectivity index (χ1) is 9.69. The number of halogens is 1. The Labute approximate surface area is 133 Å². The van der Waals surface area contributed by atoms with Crippen molar-refractivity contribution in [3.05, 3.63) is 29.3 Å². The van der Waals surface area contributed by atoms with Crippen LogP contribution < -0.4 is 4.74 Å². The molecule has 1 rings (SSSR count). The minimum Gasteiger partial charge on any atom is -0.496 e. The number of alkyl halides is 1. The maximum absolute atomic E-state index is 5.46. The van der Waals surface area contributed by atoms with Crippen LogP contribution in [0, 0.1) is 6.92 Å². The number of hydrogen-bond donors (Lipinski definition) is 0. The molecule has 0 aliphatic carbocycles. The largest absolute Gasteiger partial charge is 0.496 e. The van der Waals surface area contributed by atoms with Crippen molar-refractivity contribution < 1.29 is 4.74 Å². The van der Waals surface area contributed by atoms with Gasteiger partial charge in [0.25, 0.3) is 0 Å². The molecule has 0 aromatic heterocycles. The highest BCUT2D eigenvalue weighted by Gasteiger charge is 2.12. The number of methoxy groups -OCH3 is 1. The molecule has 0 heterocycles. The predicted molar refractivity (Wildman–Crippen MR) is 92.0 cm³/mol. The highest BCUT2D eigenvalue weighted by Crippen LogP contribution is 2.35. The summed E-state index contributed by atoms with van der Waals surface area (Å²) < 4.78 is 5.46. The molecule has 1 nitrogen and oxygen atoms in total. The summed E-state index contributed by atoms with van der Waals surface area (Å²) in [5.41, 5.74) is 2.59. The zero-order valence-corrected chi connectivity index (χ0v) is 14.8. The van der Waals surface area contributed by atoms with E-state index in [0.29, 0.717) is 4.83 Å². The molecule has 0 spiro atoms. The molecule has 2 heteroatoms. The highest BCUT2D eigenvalue weighted by atomic mass is 79.9. The van der Waals surface area contributed by atoms with Crippen molar-refractivity contribution >= 4 is 15.9 Å². The molecular formula is C18H29BrO. The lowest BCUT2D eigenvalue weighted by atomic mass is 10.0. The van der Waals surface area contributed by atoms with Crippen molar-refractivity contribution in [2.75, 3.05) is 7.11 Å². The quantitative estimate of drug-likeness (QED) is 0.345. The zero-order chi connectivity index (χ0) is 14.8. The lowest BCUT2D eigenvalue weighted by molar-refractivity contribution is 0.408. The van der Waals surface area contributed by atoms with Crippen LogP contribution in [0.1, 0.15) is 74.2 Å². The van der Waals surface area contributed by atoms with E-state index >= 15 is 0 Å². The molecule has 0 N–H and O–H groups in total. The van der Waals surface area contributed by atoms with Gasteiger partial charge in [0.15, 0.2) is 0 Å². The Kier molecular flexibility index (Phi) is 9.00. The van der Waals surface area contributed by atoms with Crippen molar-refractivity contribution in [1.29, 1.82) is 0 Å². The van der Waals surface area contributed by atoms with Crippen LogP contribution in [0.15, 0.2) is 18.2 Å². The average molecular weight is 341 g/mol. The van der Waals surface area contributed by atoms with Crippen LogP contribution in [0.4, 0.5) is 0 Å². The van der Waals surface area contributed by atoms with Gasteiger partial charge in [-0.1, -0.05) is 85.5 Å². The lowest BCUT2D eigenvalue weighted by Crippen LogP contribution is -1.96. The first kappa shape index (κ1) is 17.6. The van der Waals surface area contributed by atoms with Crippen LogP contribution in [0.25, 0.3) is 0 Å². The Bertz CT molecular complexity index is 376. The van der Waals surface area contributed by atoms with Gasteiger partial charge in [-0.05, 0) is 19.4 Å². The molecule has 114 valence electrons. The Balaban J connectivity index is 2.32. The van der Waals surface area contributed by atoms with Gasteiger partial charge < -0.3 is 4.74 Å². The summed E-state index contributed by atoms with van der Waals surface area (Å²) in [5.74, 6) is 1.00. The number of ether oxygens (including phenoxy) is 1. The van der Waals surface area contributed by atoms with Gasteiger partial charge in [0, 0.05) is 10.4 Å². The molecule has 1 aromatic carbocycles. The monoisotopic (exact) mass is 340 g/mol. The molecule has 1 unspecified atom stereocenters. The third-order valence-electron chi connectivity index (χ3n) is 3.78. The zero-order valence-electron chi connectivity index (χ0n) is 13.3. The van der Waals surface area contributed by atoms with Crippen molar-refractivity contribution in [2.24, 2.45) is 0 Å². The third-order valence-corrected chi connectivity index (χ3v) is 4.73. The minimum absolute atomic E-state index is 0.410. The normalized spacial score (nSPS) is 12.4. The van der Waals surface area contributed by atoms with Gasteiger partial charge >= 0.3 is 0 Å². The first-order valence-electron chi connectivity index (χ1n) is 7.97. The maximum atomic E-state index is 5.46. The van der Waals surface area contributed by atoms with Crippen molar-refractivity contribution in [3.63, 3.8) is 0 Å². The summed E-state index contributed by atoms with van der Waals surface area (Å²) in [7, 11) is 1.75. The number of hydrogen-bond acceptors (Lipinski definition) is 1. The van der Waals surface area contributed by atoms with Crippen LogP contribution in [0.2, 0.25) is 0 Å². The van der Waals surface area contributed by atoms with E-state index < -0.39 is 0 Å². The van der Waals surface area contributed by atoms with Crippen LogP contribution in [-0.2, 0) is 0 Å². The second-order valence-corrected chi connectivity index (χ2v) is 6.73. The number of aryl methyl sites for hydroxylation is 1. The highest BCUT2D eigenvalue weighted by molar-refractivity contribution is 9.09. The second-order valence-electron chi connectivity index (χ2n) is 5.62. The average Bonchev–Trinajstić information content (AvgIpc) is 2.46. The molecule has 0 bridgehead atoms. The van der Waals surface area contributed by atoms with Gasteiger partial charge in [-0.3, -0.25) is 0 Å². The van der Waals surface area contributed by atoms with Gasteiger partial charge in [0.1, 0.15) is 5.75 Å². The molecule has 0 radical (unpaired) electrons. The summed E-state index contributed by atoms with van der Waals surface area (Å²) in [5, 5.41) is 0. The molecule has 0 aliphatic heterocycles. The summed E-state index contributed by atoms with van der Waals surface area (Å²) in [6.45, 7) is 4.40. The number of rotatable bonds is 10. The van der Waals surface area contributed by atoms with Gasteiger partial charge in [-0.25, -0.2) is 0 Å². The molecule has 0 aliphatic rings. The van der Waals surface area contributed by atoms with Crippen molar-refractivity contribution in [1.82, 2.24) is 0 Å². The van der Waals surface area contributed by atoms with Crippen LogP contribution in [0.5, 0.6) is 5.75 Å². The fourth-order valence-corrected chi connectivity index (χ4v) is 3.22. The Morgan fingerprint density at radius 2 is 1.70 bits per heavy atom. The Morgan fingerprint density at radius 1 is 1.05 bits per heavy atom. The molecule has 20 heavy (non-hydrogen) atoms. The molecule has 1 atom stereocenters. The molecular weight excluding hydrogens is 312 g/mol. The van der Waals surface area contributed by atoms with E-state index in [-0.39, 0.29) is 0 Å². The van der Waals surface area contributed by atoms with Crippen LogP contribution in [-0.4, -0.2) is 7.11 Å². The van der Waals surface area contributed by atoms with Gasteiger partial charge in [-0.2, -0.15) is 0 Å². The smallest absolute Gasteiger partial charge is 0.123 e. The molecule has 0 saturated carbocycles. The van der Waals surface area contributed by atoms with E-state index in [1.165, 1.54) is 62.5 Å². The summed E-state index contributed by atoms with van der Waals surface area (Å²) in [6, 6.07) is 6.42. The Hall–Kier alpha value is -0.500. The van der Waals surface area contributed by atoms with E-state index in [0.717, 1.165) is 5.75 Å². The number of benzene rings is 1. The van der Waals surface area contributed by atoms with Gasteiger partial charge in [0.05, 0.1) is 7.11 Å². The second kappa shape index (κ2) is 10.3. The topological polar surface area (TPSA) is 9.23 Å². The van der Waals surface area contributed by atoms with Crippen molar-refractivity contribution in [3.8, 4) is 5.75 Å². The van der Waals surface area contributed by atoms with Crippen LogP contribution >= 0.6 is 15.9 Å². The van der Waals surface area contributed by atoms with E-state index in [1.807, 2.05) is 0 Å². The van der Waals surface area contributed by atoms with Gasteiger partial charge in [-0.15, -0.1) is 0 Å². The third kappa shape index (κ3) is 6.30. The van der Waals surface area contributed by atoms with Gasteiger partial charge in [0.2, 0.25) is 0 Å². The lowest BCUT2D eigenvalue weighted by Gasteiger charge is -2.15. The van der Waals surface area contributed by atoms with E-state index in [2.05, 4.69) is 48.0 Å². The van der Waals surface area contributed by atoms with E-state index in [9.17, 15) is 0 Å². The molecule has 0 saturated heterocycles. The summed E-state index contributed by atoms with van der Waals surface area (Å²) in [6.07, 6.45) is 10.7. The van der Waals surface area contributed by atoms with E-state index in [1.54, 1.807) is 7.11 Å². The Morgan fingerprint density at radius 3 is 2.35 bits per heavy atom. The van der Waals surface area contributed by atoms with Crippen LogP contribution in [0.3, 0.4) is 0 Å². The summed E-state index contributed by atoms with van der Waals surface area (Å²) in [4.78, 5) is 0.410. The SMILES string of the molecule is CCCCCCCCCC(Br)c1cc(C)ccc1OC.